The molecular formula is C23H29N3O2. The van der Waals surface area contributed by atoms with Crippen molar-refractivity contribution in [1.82, 2.24) is 14.9 Å². The number of benzene rings is 1. The van der Waals surface area contributed by atoms with Crippen molar-refractivity contribution in [3.05, 3.63) is 48.0 Å². The molecule has 28 heavy (non-hydrogen) atoms. The standard InChI is InChI=1S/C23H29N3O2/c1-26-7-6-24-22(26)21(16-4-3-5-19(13-16)28-2)25-23(27)20-17-9-14-8-15(11-17)12-18(20)10-14/h3-7,13-15,17-18,20-21H,8-12H2,1-2H3,(H,25,27). The number of nitrogens with zero attached hydrogens (tertiary/aromatic N) is 2. The lowest BCUT2D eigenvalue weighted by Crippen LogP contribution is -2.51. The minimum atomic E-state index is -0.264. The van der Waals surface area contributed by atoms with Gasteiger partial charge in [-0.2, -0.15) is 0 Å². The molecular weight excluding hydrogens is 350 g/mol. The average molecular weight is 380 g/mol. The summed E-state index contributed by atoms with van der Waals surface area (Å²) >= 11 is 0. The van der Waals surface area contributed by atoms with E-state index in [2.05, 4.69) is 10.3 Å². The van der Waals surface area contributed by atoms with Gasteiger partial charge in [0.15, 0.2) is 0 Å². The van der Waals surface area contributed by atoms with Crippen molar-refractivity contribution in [1.29, 1.82) is 0 Å². The van der Waals surface area contributed by atoms with E-state index in [9.17, 15) is 4.79 Å². The Balaban J connectivity index is 1.43. The fraction of sp³-hybridized carbons (Fsp3) is 0.565. The zero-order chi connectivity index (χ0) is 19.3. The molecule has 5 nitrogen and oxygen atoms in total. The van der Waals surface area contributed by atoms with Crippen LogP contribution in [0.15, 0.2) is 36.7 Å². The summed E-state index contributed by atoms with van der Waals surface area (Å²) in [6.45, 7) is 0. The maximum absolute atomic E-state index is 13.5. The predicted molar refractivity (Wildman–Crippen MR) is 107 cm³/mol. The van der Waals surface area contributed by atoms with Gasteiger partial charge in [0.05, 0.1) is 7.11 Å². The molecule has 1 atom stereocenters. The first-order valence-corrected chi connectivity index (χ1v) is 10.5. The number of methoxy groups -OCH3 is 1. The molecule has 1 heterocycles. The lowest BCUT2D eigenvalue weighted by Gasteiger charge is -2.53. The molecule has 0 spiro atoms. The van der Waals surface area contributed by atoms with Crippen LogP contribution >= 0.6 is 0 Å². The van der Waals surface area contributed by atoms with Crippen LogP contribution in [0, 0.1) is 29.6 Å². The number of carbonyl (C=O) groups excluding carboxylic acids is 1. The van der Waals surface area contributed by atoms with Crippen LogP contribution in [-0.2, 0) is 11.8 Å². The monoisotopic (exact) mass is 379 g/mol. The Bertz CT molecular complexity index is 846. The van der Waals surface area contributed by atoms with Crippen LogP contribution in [0.1, 0.15) is 49.5 Å². The fourth-order valence-corrected chi connectivity index (χ4v) is 6.37. The second-order valence-electron chi connectivity index (χ2n) is 9.07. The molecule has 4 bridgehead atoms. The van der Waals surface area contributed by atoms with Crippen molar-refractivity contribution in [3.8, 4) is 5.75 Å². The fourth-order valence-electron chi connectivity index (χ4n) is 6.37. The van der Waals surface area contributed by atoms with Gasteiger partial charge in [-0.25, -0.2) is 4.98 Å². The molecule has 4 fully saturated rings. The summed E-state index contributed by atoms with van der Waals surface area (Å²) in [7, 11) is 3.65. The van der Waals surface area contributed by atoms with Gasteiger partial charge < -0.3 is 14.6 Å². The molecule has 6 rings (SSSR count). The summed E-state index contributed by atoms with van der Waals surface area (Å²) in [6.07, 6.45) is 10.1. The van der Waals surface area contributed by atoms with Crippen LogP contribution in [0.3, 0.4) is 0 Å². The molecule has 0 saturated heterocycles. The van der Waals surface area contributed by atoms with Gasteiger partial charge in [0, 0.05) is 25.4 Å². The minimum absolute atomic E-state index is 0.168. The number of aryl methyl sites for hydroxylation is 1. The van der Waals surface area contributed by atoms with Crippen LogP contribution in [0.2, 0.25) is 0 Å². The highest BCUT2D eigenvalue weighted by atomic mass is 16.5. The Hall–Kier alpha value is -2.30. The largest absolute Gasteiger partial charge is 0.497 e. The molecule has 1 aromatic carbocycles. The molecule has 1 N–H and O–H groups in total. The predicted octanol–water partition coefficient (Wildman–Crippen LogP) is 3.71. The van der Waals surface area contributed by atoms with E-state index in [0.717, 1.165) is 29.0 Å². The topological polar surface area (TPSA) is 56.1 Å². The summed E-state index contributed by atoms with van der Waals surface area (Å²) < 4.78 is 7.40. The number of amides is 1. The summed E-state index contributed by atoms with van der Waals surface area (Å²) in [5, 5.41) is 3.38. The minimum Gasteiger partial charge on any atom is -0.497 e. The SMILES string of the molecule is COc1cccc(C(NC(=O)C2C3CC4CC(C3)CC2C4)c2nccn2C)c1. The van der Waals surface area contributed by atoms with E-state index in [1.165, 1.54) is 32.1 Å². The highest BCUT2D eigenvalue weighted by Gasteiger charge is 2.51. The number of aromatic nitrogens is 2. The first kappa shape index (κ1) is 17.8. The number of ether oxygens (including phenoxy) is 1. The van der Waals surface area contributed by atoms with Crippen molar-refractivity contribution in [3.63, 3.8) is 0 Å². The Kier molecular flexibility index (Phi) is 4.41. The highest BCUT2D eigenvalue weighted by molar-refractivity contribution is 5.80. The second kappa shape index (κ2) is 6.94. The van der Waals surface area contributed by atoms with E-state index in [1.807, 2.05) is 42.1 Å². The third kappa shape index (κ3) is 3.01. The van der Waals surface area contributed by atoms with Crippen molar-refractivity contribution in [2.24, 2.45) is 36.6 Å². The molecule has 0 radical (unpaired) electrons. The molecule has 4 aliphatic carbocycles. The maximum atomic E-state index is 13.5. The molecule has 1 aromatic heterocycles. The maximum Gasteiger partial charge on any atom is 0.224 e. The van der Waals surface area contributed by atoms with Gasteiger partial charge in [-0.15, -0.1) is 0 Å². The van der Waals surface area contributed by atoms with Crippen molar-refractivity contribution >= 4 is 5.91 Å². The number of carbonyl (C=O) groups is 1. The molecule has 5 heteroatoms. The third-order valence-electron chi connectivity index (χ3n) is 7.36. The van der Waals surface area contributed by atoms with Gasteiger partial charge in [-0.1, -0.05) is 12.1 Å². The van der Waals surface area contributed by atoms with Crippen molar-refractivity contribution in [2.75, 3.05) is 7.11 Å². The van der Waals surface area contributed by atoms with Crippen LogP contribution in [0.4, 0.5) is 0 Å². The smallest absolute Gasteiger partial charge is 0.224 e. The average Bonchev–Trinajstić information content (AvgIpc) is 3.11. The number of hydrogen-bond acceptors (Lipinski definition) is 3. The van der Waals surface area contributed by atoms with Gasteiger partial charge in [0.1, 0.15) is 17.6 Å². The lowest BCUT2D eigenvalue weighted by molar-refractivity contribution is -0.138. The Labute approximate surface area is 166 Å². The first-order valence-electron chi connectivity index (χ1n) is 10.5. The van der Waals surface area contributed by atoms with Crippen LogP contribution in [0.25, 0.3) is 0 Å². The summed E-state index contributed by atoms with van der Waals surface area (Å²) in [6, 6.07) is 7.67. The number of rotatable bonds is 5. The molecule has 2 aromatic rings. The second-order valence-corrected chi connectivity index (χ2v) is 9.07. The van der Waals surface area contributed by atoms with E-state index in [0.29, 0.717) is 11.8 Å². The van der Waals surface area contributed by atoms with E-state index in [1.54, 1.807) is 13.3 Å². The van der Waals surface area contributed by atoms with Crippen molar-refractivity contribution in [2.45, 2.75) is 38.1 Å². The number of nitrogens with one attached hydrogen (secondary N) is 1. The molecule has 1 unspecified atom stereocenters. The van der Waals surface area contributed by atoms with Gasteiger partial charge >= 0.3 is 0 Å². The quantitative estimate of drug-likeness (QED) is 0.862. The third-order valence-corrected chi connectivity index (χ3v) is 7.36. The van der Waals surface area contributed by atoms with Gasteiger partial charge in [-0.3, -0.25) is 4.79 Å². The number of hydrogen-bond donors (Lipinski definition) is 1. The molecule has 1 amide bonds. The molecule has 0 aliphatic heterocycles. The Morgan fingerprint density at radius 2 is 1.89 bits per heavy atom. The number of imidazole rings is 1. The Morgan fingerprint density at radius 3 is 2.50 bits per heavy atom. The summed E-state index contributed by atoms with van der Waals surface area (Å²) in [4.78, 5) is 18.0. The zero-order valence-corrected chi connectivity index (χ0v) is 16.7. The van der Waals surface area contributed by atoms with Crippen LogP contribution < -0.4 is 10.1 Å². The highest BCUT2D eigenvalue weighted by Crippen LogP contribution is 2.56. The van der Waals surface area contributed by atoms with E-state index < -0.39 is 0 Å². The zero-order valence-electron chi connectivity index (χ0n) is 16.7. The molecule has 148 valence electrons. The van der Waals surface area contributed by atoms with Gasteiger partial charge in [0.2, 0.25) is 5.91 Å². The first-order chi connectivity index (χ1) is 13.6. The van der Waals surface area contributed by atoms with Gasteiger partial charge in [0.25, 0.3) is 0 Å². The van der Waals surface area contributed by atoms with E-state index in [4.69, 9.17) is 4.74 Å². The van der Waals surface area contributed by atoms with Gasteiger partial charge in [-0.05, 0) is 73.5 Å². The van der Waals surface area contributed by atoms with Crippen LogP contribution in [0.5, 0.6) is 5.75 Å². The van der Waals surface area contributed by atoms with Crippen LogP contribution in [-0.4, -0.2) is 22.6 Å². The van der Waals surface area contributed by atoms with E-state index >= 15 is 0 Å². The van der Waals surface area contributed by atoms with E-state index in [-0.39, 0.29) is 17.9 Å². The molecule has 4 saturated carbocycles. The summed E-state index contributed by atoms with van der Waals surface area (Å²) in [5.74, 6) is 4.91. The lowest BCUT2D eigenvalue weighted by atomic mass is 9.51. The summed E-state index contributed by atoms with van der Waals surface area (Å²) in [5.41, 5.74) is 1.01. The molecule has 4 aliphatic rings. The van der Waals surface area contributed by atoms with Crippen molar-refractivity contribution < 1.29 is 9.53 Å². The Morgan fingerprint density at radius 1 is 1.18 bits per heavy atom. The normalized spacial score (nSPS) is 31.6.